The van der Waals surface area contributed by atoms with Crippen molar-refractivity contribution < 1.29 is 13.9 Å². The van der Waals surface area contributed by atoms with Gasteiger partial charge in [-0.2, -0.15) is 0 Å². The summed E-state index contributed by atoms with van der Waals surface area (Å²) in [5.41, 5.74) is 0.865. The normalized spacial score (nSPS) is 17.3. The van der Waals surface area contributed by atoms with Gasteiger partial charge in [0.1, 0.15) is 5.82 Å². The minimum Gasteiger partial charge on any atom is -0.378 e. The standard InChI is InChI=1S/C21H25ClFN5O2/c22-17-15-16(1-3-18(17)23)2-6-21(29)28-9-7-26(8-10-28)19-4-5-20(25-24-19)27-11-13-30-14-12-27/h1,3-5,15H,2,6-14H2. The first-order chi connectivity index (χ1) is 14.6. The zero-order valence-corrected chi connectivity index (χ0v) is 17.5. The lowest BCUT2D eigenvalue weighted by Gasteiger charge is -2.35. The molecule has 0 radical (unpaired) electrons. The highest BCUT2D eigenvalue weighted by Gasteiger charge is 2.22. The number of nitrogens with zero attached hydrogens (tertiary/aromatic N) is 5. The Labute approximate surface area is 180 Å². The minimum atomic E-state index is -0.441. The highest BCUT2D eigenvalue weighted by atomic mass is 35.5. The molecule has 3 heterocycles. The van der Waals surface area contributed by atoms with Crippen molar-refractivity contribution in [3.8, 4) is 0 Å². The van der Waals surface area contributed by atoms with Crippen molar-refractivity contribution in [3.05, 3.63) is 46.7 Å². The van der Waals surface area contributed by atoms with Crippen molar-refractivity contribution in [1.82, 2.24) is 15.1 Å². The molecule has 1 amide bonds. The number of aromatic nitrogens is 2. The second kappa shape index (κ2) is 9.57. The molecule has 4 rings (SSSR count). The van der Waals surface area contributed by atoms with Gasteiger partial charge in [-0.25, -0.2) is 4.39 Å². The monoisotopic (exact) mass is 433 g/mol. The van der Waals surface area contributed by atoms with Gasteiger partial charge >= 0.3 is 0 Å². The van der Waals surface area contributed by atoms with Crippen LogP contribution in [-0.4, -0.2) is 73.5 Å². The van der Waals surface area contributed by atoms with Crippen molar-refractivity contribution in [1.29, 1.82) is 0 Å². The Balaban J connectivity index is 1.25. The number of carbonyl (C=O) groups excluding carboxylic acids is 1. The summed E-state index contributed by atoms with van der Waals surface area (Å²) in [5, 5.41) is 8.85. The number of amides is 1. The molecule has 0 N–H and O–H groups in total. The molecule has 2 aromatic rings. The van der Waals surface area contributed by atoms with Crippen LogP contribution in [0.25, 0.3) is 0 Å². The van der Waals surface area contributed by atoms with Crippen molar-refractivity contribution in [2.45, 2.75) is 12.8 Å². The van der Waals surface area contributed by atoms with Gasteiger partial charge in [0.25, 0.3) is 0 Å². The molecule has 2 fully saturated rings. The fourth-order valence-corrected chi connectivity index (χ4v) is 3.94. The fourth-order valence-electron chi connectivity index (χ4n) is 3.74. The highest BCUT2D eigenvalue weighted by molar-refractivity contribution is 6.30. The van der Waals surface area contributed by atoms with Crippen LogP contribution >= 0.6 is 11.6 Å². The van der Waals surface area contributed by atoms with Gasteiger partial charge in [-0.3, -0.25) is 4.79 Å². The van der Waals surface area contributed by atoms with Crippen molar-refractivity contribution in [2.24, 2.45) is 0 Å². The van der Waals surface area contributed by atoms with Crippen LogP contribution in [0.3, 0.4) is 0 Å². The lowest BCUT2D eigenvalue weighted by atomic mass is 10.1. The number of hydrogen-bond acceptors (Lipinski definition) is 6. The van der Waals surface area contributed by atoms with Gasteiger partial charge < -0.3 is 19.4 Å². The van der Waals surface area contributed by atoms with Gasteiger partial charge in [-0.15, -0.1) is 10.2 Å². The summed E-state index contributed by atoms with van der Waals surface area (Å²) in [4.78, 5) is 18.7. The average molecular weight is 434 g/mol. The summed E-state index contributed by atoms with van der Waals surface area (Å²) in [6.07, 6.45) is 0.934. The van der Waals surface area contributed by atoms with E-state index < -0.39 is 5.82 Å². The van der Waals surface area contributed by atoms with Crippen LogP contribution < -0.4 is 9.80 Å². The van der Waals surface area contributed by atoms with E-state index in [4.69, 9.17) is 16.3 Å². The van der Waals surface area contributed by atoms with Gasteiger partial charge in [-0.1, -0.05) is 17.7 Å². The number of benzene rings is 1. The van der Waals surface area contributed by atoms with Crippen molar-refractivity contribution in [2.75, 3.05) is 62.3 Å². The Bertz CT molecular complexity index is 868. The molecule has 1 aromatic carbocycles. The first-order valence-corrected chi connectivity index (χ1v) is 10.6. The molecule has 0 spiro atoms. The predicted octanol–water partition coefficient (Wildman–Crippen LogP) is 2.39. The Morgan fingerprint density at radius 2 is 1.60 bits per heavy atom. The quantitative estimate of drug-likeness (QED) is 0.721. The Morgan fingerprint density at radius 1 is 0.967 bits per heavy atom. The number of piperazine rings is 1. The molecule has 2 aliphatic heterocycles. The van der Waals surface area contributed by atoms with E-state index in [0.717, 1.165) is 43.4 Å². The van der Waals surface area contributed by atoms with Crippen LogP contribution in [0.1, 0.15) is 12.0 Å². The van der Waals surface area contributed by atoms with Gasteiger partial charge in [-0.05, 0) is 36.2 Å². The maximum atomic E-state index is 13.3. The third kappa shape index (κ3) is 4.99. The molecule has 160 valence electrons. The SMILES string of the molecule is O=C(CCc1ccc(F)c(Cl)c1)N1CCN(c2ccc(N3CCOCC3)nn2)CC1. The molecule has 0 atom stereocenters. The Morgan fingerprint density at radius 3 is 2.20 bits per heavy atom. The molecule has 0 aliphatic carbocycles. The molecular formula is C21H25ClFN5O2. The number of anilines is 2. The van der Waals surface area contributed by atoms with E-state index in [2.05, 4.69) is 20.0 Å². The second-order valence-electron chi connectivity index (χ2n) is 7.47. The maximum Gasteiger partial charge on any atom is 0.223 e. The minimum absolute atomic E-state index is 0.0920. The summed E-state index contributed by atoms with van der Waals surface area (Å²) in [6, 6.07) is 8.59. The molecule has 0 unspecified atom stereocenters. The lowest BCUT2D eigenvalue weighted by molar-refractivity contribution is -0.131. The predicted molar refractivity (Wildman–Crippen MR) is 114 cm³/mol. The topological polar surface area (TPSA) is 61.8 Å². The van der Waals surface area contributed by atoms with E-state index in [9.17, 15) is 9.18 Å². The molecule has 7 nitrogen and oxygen atoms in total. The smallest absolute Gasteiger partial charge is 0.223 e. The van der Waals surface area contributed by atoms with Crippen LogP contribution in [0.2, 0.25) is 5.02 Å². The molecule has 0 saturated carbocycles. The molecule has 9 heteroatoms. The molecule has 0 bridgehead atoms. The molecular weight excluding hydrogens is 409 g/mol. The number of rotatable bonds is 5. The highest BCUT2D eigenvalue weighted by Crippen LogP contribution is 2.19. The molecule has 30 heavy (non-hydrogen) atoms. The summed E-state index contributed by atoms with van der Waals surface area (Å²) < 4.78 is 18.6. The van der Waals surface area contributed by atoms with E-state index in [-0.39, 0.29) is 10.9 Å². The third-order valence-electron chi connectivity index (χ3n) is 5.54. The Kier molecular flexibility index (Phi) is 6.64. The summed E-state index contributed by atoms with van der Waals surface area (Å²) in [5.74, 6) is 1.37. The van der Waals surface area contributed by atoms with Crippen LogP contribution in [0.15, 0.2) is 30.3 Å². The largest absolute Gasteiger partial charge is 0.378 e. The fraction of sp³-hybridized carbons (Fsp3) is 0.476. The number of hydrogen-bond donors (Lipinski definition) is 0. The number of halogens is 2. The van der Waals surface area contributed by atoms with Gasteiger partial charge in [0, 0.05) is 45.7 Å². The van der Waals surface area contributed by atoms with E-state index in [1.165, 1.54) is 6.07 Å². The van der Waals surface area contributed by atoms with Gasteiger partial charge in [0.2, 0.25) is 5.91 Å². The Hall–Kier alpha value is -2.45. The van der Waals surface area contributed by atoms with Crippen LogP contribution in [-0.2, 0) is 16.0 Å². The van der Waals surface area contributed by atoms with E-state index in [0.29, 0.717) is 39.1 Å². The second-order valence-corrected chi connectivity index (χ2v) is 7.87. The van der Waals surface area contributed by atoms with Crippen molar-refractivity contribution in [3.63, 3.8) is 0 Å². The van der Waals surface area contributed by atoms with Crippen molar-refractivity contribution >= 4 is 29.1 Å². The number of morpholine rings is 1. The number of carbonyl (C=O) groups is 1. The zero-order valence-electron chi connectivity index (χ0n) is 16.8. The first kappa shape index (κ1) is 20.8. The number of aryl methyl sites for hydroxylation is 1. The molecule has 2 aliphatic rings. The van der Waals surface area contributed by atoms with E-state index >= 15 is 0 Å². The average Bonchev–Trinajstić information content (AvgIpc) is 2.80. The van der Waals surface area contributed by atoms with Crippen LogP contribution in [0, 0.1) is 5.82 Å². The zero-order chi connectivity index (χ0) is 20.9. The number of ether oxygens (including phenoxy) is 1. The molecule has 2 saturated heterocycles. The van der Waals surface area contributed by atoms with Gasteiger partial charge in [0.05, 0.1) is 18.2 Å². The third-order valence-corrected chi connectivity index (χ3v) is 5.83. The summed E-state index contributed by atoms with van der Waals surface area (Å²) in [7, 11) is 0. The lowest BCUT2D eigenvalue weighted by Crippen LogP contribution is -2.49. The van der Waals surface area contributed by atoms with Gasteiger partial charge in [0.15, 0.2) is 11.6 Å². The maximum absolute atomic E-state index is 13.3. The first-order valence-electron chi connectivity index (χ1n) is 10.2. The molecule has 1 aromatic heterocycles. The van der Waals surface area contributed by atoms with Crippen LogP contribution in [0.5, 0.6) is 0 Å². The van der Waals surface area contributed by atoms with E-state index in [1.54, 1.807) is 12.1 Å². The summed E-state index contributed by atoms with van der Waals surface area (Å²) in [6.45, 7) is 5.84. The van der Waals surface area contributed by atoms with Crippen LogP contribution in [0.4, 0.5) is 16.0 Å². The van der Waals surface area contributed by atoms with E-state index in [1.807, 2.05) is 17.0 Å². The summed E-state index contributed by atoms with van der Waals surface area (Å²) >= 11 is 5.81.